The maximum absolute atomic E-state index is 6.23. The highest BCUT2D eigenvalue weighted by Crippen LogP contribution is 2.28. The van der Waals surface area contributed by atoms with Gasteiger partial charge in [0.15, 0.2) is 0 Å². The summed E-state index contributed by atoms with van der Waals surface area (Å²) in [5.74, 6) is 0.513. The van der Waals surface area contributed by atoms with Gasteiger partial charge < -0.3 is 9.47 Å². The van der Waals surface area contributed by atoms with Gasteiger partial charge in [-0.3, -0.25) is 0 Å². The SMILES string of the molecule is ClC1CCOCC1CC1CCCO1. The lowest BCUT2D eigenvalue weighted by Crippen LogP contribution is -2.31. The van der Waals surface area contributed by atoms with E-state index in [1.54, 1.807) is 0 Å². The van der Waals surface area contributed by atoms with Crippen molar-refractivity contribution in [1.29, 1.82) is 0 Å². The first kappa shape index (κ1) is 9.75. The van der Waals surface area contributed by atoms with Crippen molar-refractivity contribution in [2.75, 3.05) is 19.8 Å². The zero-order chi connectivity index (χ0) is 9.10. The van der Waals surface area contributed by atoms with E-state index in [1.807, 2.05) is 0 Å². The van der Waals surface area contributed by atoms with Gasteiger partial charge in [0.1, 0.15) is 0 Å². The van der Waals surface area contributed by atoms with E-state index in [-0.39, 0.29) is 0 Å². The Morgan fingerprint density at radius 3 is 2.85 bits per heavy atom. The second-order valence-electron chi connectivity index (χ2n) is 4.01. The molecule has 3 atom stereocenters. The number of ether oxygens (including phenoxy) is 2. The van der Waals surface area contributed by atoms with Gasteiger partial charge in [0.25, 0.3) is 0 Å². The fourth-order valence-electron chi connectivity index (χ4n) is 2.15. The number of hydrogen-bond donors (Lipinski definition) is 0. The van der Waals surface area contributed by atoms with Crippen molar-refractivity contribution in [2.24, 2.45) is 5.92 Å². The molecule has 2 saturated heterocycles. The highest BCUT2D eigenvalue weighted by Gasteiger charge is 2.28. The van der Waals surface area contributed by atoms with Crippen molar-refractivity contribution < 1.29 is 9.47 Å². The maximum atomic E-state index is 6.23. The van der Waals surface area contributed by atoms with E-state index >= 15 is 0 Å². The molecule has 0 aromatic carbocycles. The number of halogens is 1. The summed E-state index contributed by atoms with van der Waals surface area (Å²) in [6.07, 6.45) is 4.96. The first-order valence-electron chi connectivity index (χ1n) is 5.19. The number of hydrogen-bond acceptors (Lipinski definition) is 2. The zero-order valence-electron chi connectivity index (χ0n) is 7.88. The molecule has 0 N–H and O–H groups in total. The van der Waals surface area contributed by atoms with Crippen LogP contribution in [-0.2, 0) is 9.47 Å². The smallest absolute Gasteiger partial charge is 0.0580 e. The van der Waals surface area contributed by atoms with Gasteiger partial charge in [-0.1, -0.05) is 0 Å². The average molecular weight is 205 g/mol. The normalized spacial score (nSPS) is 40.8. The van der Waals surface area contributed by atoms with Crippen LogP contribution < -0.4 is 0 Å². The molecule has 2 rings (SSSR count). The fourth-order valence-corrected chi connectivity index (χ4v) is 2.42. The van der Waals surface area contributed by atoms with Crippen molar-refractivity contribution in [2.45, 2.75) is 37.2 Å². The van der Waals surface area contributed by atoms with Gasteiger partial charge in [-0.25, -0.2) is 0 Å². The molecule has 2 fully saturated rings. The van der Waals surface area contributed by atoms with Crippen molar-refractivity contribution >= 4 is 11.6 Å². The average Bonchev–Trinajstić information content (AvgIpc) is 2.61. The third-order valence-corrected chi connectivity index (χ3v) is 3.55. The largest absolute Gasteiger partial charge is 0.381 e. The van der Waals surface area contributed by atoms with Crippen LogP contribution in [0.1, 0.15) is 25.7 Å². The lowest BCUT2D eigenvalue weighted by atomic mass is 9.94. The van der Waals surface area contributed by atoms with Crippen molar-refractivity contribution in [3.63, 3.8) is 0 Å². The van der Waals surface area contributed by atoms with E-state index in [0.29, 0.717) is 17.4 Å². The third-order valence-electron chi connectivity index (χ3n) is 2.97. The summed E-state index contributed by atoms with van der Waals surface area (Å²) in [7, 11) is 0. The summed E-state index contributed by atoms with van der Waals surface area (Å²) in [5, 5.41) is 0.304. The van der Waals surface area contributed by atoms with Crippen LogP contribution in [-0.4, -0.2) is 31.3 Å². The molecule has 3 unspecified atom stereocenters. The van der Waals surface area contributed by atoms with Gasteiger partial charge in [-0.15, -0.1) is 11.6 Å². The predicted molar refractivity (Wildman–Crippen MR) is 52.2 cm³/mol. The minimum atomic E-state index is 0.304. The quantitative estimate of drug-likeness (QED) is 0.643. The summed E-state index contributed by atoms with van der Waals surface area (Å²) in [4.78, 5) is 0. The Bertz CT molecular complexity index is 157. The Morgan fingerprint density at radius 1 is 1.23 bits per heavy atom. The second kappa shape index (κ2) is 4.63. The molecule has 0 aromatic rings. The van der Waals surface area contributed by atoms with Gasteiger partial charge in [-0.05, 0) is 25.7 Å². The first-order chi connectivity index (χ1) is 6.36. The molecule has 0 aromatic heterocycles. The van der Waals surface area contributed by atoms with Gasteiger partial charge in [-0.2, -0.15) is 0 Å². The molecule has 3 heteroatoms. The van der Waals surface area contributed by atoms with E-state index in [9.17, 15) is 0 Å². The highest BCUT2D eigenvalue weighted by atomic mass is 35.5. The molecular weight excluding hydrogens is 188 g/mol. The maximum Gasteiger partial charge on any atom is 0.0580 e. The van der Waals surface area contributed by atoms with Crippen molar-refractivity contribution in [3.05, 3.63) is 0 Å². The molecular formula is C10H17ClO2. The van der Waals surface area contributed by atoms with E-state index in [2.05, 4.69) is 0 Å². The zero-order valence-corrected chi connectivity index (χ0v) is 8.63. The van der Waals surface area contributed by atoms with Crippen molar-refractivity contribution in [3.8, 4) is 0 Å². The molecule has 13 heavy (non-hydrogen) atoms. The fraction of sp³-hybridized carbons (Fsp3) is 1.00. The Morgan fingerprint density at radius 2 is 2.15 bits per heavy atom. The summed E-state index contributed by atoms with van der Waals surface area (Å²) >= 11 is 6.23. The molecule has 2 aliphatic heterocycles. The van der Waals surface area contributed by atoms with Crippen LogP contribution in [0.25, 0.3) is 0 Å². The Balaban J connectivity index is 1.78. The topological polar surface area (TPSA) is 18.5 Å². The minimum absolute atomic E-state index is 0.304. The second-order valence-corrected chi connectivity index (χ2v) is 4.57. The molecule has 2 aliphatic rings. The summed E-state index contributed by atoms with van der Waals surface area (Å²) < 4.78 is 11.0. The Kier molecular flexibility index (Phi) is 3.47. The van der Waals surface area contributed by atoms with Gasteiger partial charge in [0.05, 0.1) is 12.7 Å². The van der Waals surface area contributed by atoms with E-state index < -0.39 is 0 Å². The molecule has 0 amide bonds. The van der Waals surface area contributed by atoms with Crippen LogP contribution in [0.5, 0.6) is 0 Å². The molecule has 0 spiro atoms. The van der Waals surface area contributed by atoms with Crippen LogP contribution in [0.4, 0.5) is 0 Å². The first-order valence-corrected chi connectivity index (χ1v) is 5.63. The van der Waals surface area contributed by atoms with Crippen LogP contribution >= 0.6 is 11.6 Å². The highest BCUT2D eigenvalue weighted by molar-refractivity contribution is 6.20. The minimum Gasteiger partial charge on any atom is -0.381 e. The molecule has 0 bridgehead atoms. The summed E-state index contributed by atoms with van der Waals surface area (Å²) in [5.41, 5.74) is 0. The van der Waals surface area contributed by atoms with Gasteiger partial charge in [0, 0.05) is 24.5 Å². The van der Waals surface area contributed by atoms with E-state index in [0.717, 1.165) is 32.7 Å². The molecule has 0 saturated carbocycles. The van der Waals surface area contributed by atoms with Crippen molar-refractivity contribution in [1.82, 2.24) is 0 Å². The third kappa shape index (κ3) is 2.58. The summed E-state index contributed by atoms with van der Waals surface area (Å²) in [6.45, 7) is 2.59. The molecule has 76 valence electrons. The number of rotatable bonds is 2. The van der Waals surface area contributed by atoms with Gasteiger partial charge >= 0.3 is 0 Å². The van der Waals surface area contributed by atoms with Crippen LogP contribution in [0.15, 0.2) is 0 Å². The predicted octanol–water partition coefficient (Wildman–Crippen LogP) is 2.20. The molecule has 2 heterocycles. The number of alkyl halides is 1. The monoisotopic (exact) mass is 204 g/mol. The van der Waals surface area contributed by atoms with Crippen LogP contribution in [0, 0.1) is 5.92 Å². The molecule has 2 nitrogen and oxygen atoms in total. The summed E-state index contributed by atoms with van der Waals surface area (Å²) in [6, 6.07) is 0. The Labute approximate surface area is 84.5 Å². The van der Waals surface area contributed by atoms with Crippen LogP contribution in [0.3, 0.4) is 0 Å². The Hall–Kier alpha value is 0.210. The van der Waals surface area contributed by atoms with Crippen LogP contribution in [0.2, 0.25) is 0 Å². The van der Waals surface area contributed by atoms with E-state index in [4.69, 9.17) is 21.1 Å². The molecule has 0 radical (unpaired) electrons. The lowest BCUT2D eigenvalue weighted by Gasteiger charge is -2.28. The van der Waals surface area contributed by atoms with E-state index in [1.165, 1.54) is 12.8 Å². The standard InChI is InChI=1S/C10H17ClO2/c11-10-3-5-12-7-8(10)6-9-2-1-4-13-9/h8-10H,1-7H2. The van der Waals surface area contributed by atoms with Gasteiger partial charge in [0.2, 0.25) is 0 Å². The lowest BCUT2D eigenvalue weighted by molar-refractivity contribution is 0.0230. The molecule has 0 aliphatic carbocycles.